The van der Waals surface area contributed by atoms with Gasteiger partial charge >= 0.3 is 0 Å². The third-order valence-corrected chi connectivity index (χ3v) is 5.15. The summed E-state index contributed by atoms with van der Waals surface area (Å²) in [6, 6.07) is 32.5. The molecule has 0 aliphatic rings. The highest BCUT2D eigenvalue weighted by Crippen LogP contribution is 2.33. The molecule has 0 N–H and O–H groups in total. The third-order valence-electron chi connectivity index (χ3n) is 5.15. The Labute approximate surface area is 174 Å². The van der Waals surface area contributed by atoms with Crippen LogP contribution in [-0.2, 0) is 0 Å². The van der Waals surface area contributed by atoms with Crippen molar-refractivity contribution in [2.24, 2.45) is 0 Å². The summed E-state index contributed by atoms with van der Waals surface area (Å²) >= 11 is 0. The quantitative estimate of drug-likeness (QED) is 0.387. The molecule has 0 aliphatic heterocycles. The SMILES string of the molecule is Cc1cccc(-c2cc(-c3ccccc3)n3nc(-c4ccccc4)nc3c2C#N)c1. The third kappa shape index (κ3) is 3.03. The number of aryl methyl sites for hydroxylation is 1. The van der Waals surface area contributed by atoms with Gasteiger partial charge in [0.2, 0.25) is 0 Å². The summed E-state index contributed by atoms with van der Waals surface area (Å²) in [6.07, 6.45) is 0. The molecular weight excluding hydrogens is 368 g/mol. The topological polar surface area (TPSA) is 54.0 Å². The molecule has 5 rings (SSSR count). The van der Waals surface area contributed by atoms with Gasteiger partial charge in [0.05, 0.1) is 5.69 Å². The van der Waals surface area contributed by atoms with Crippen LogP contribution in [0.15, 0.2) is 91.0 Å². The van der Waals surface area contributed by atoms with Crippen LogP contribution in [0.25, 0.3) is 39.4 Å². The fourth-order valence-electron chi connectivity index (χ4n) is 3.71. The molecule has 0 fully saturated rings. The van der Waals surface area contributed by atoms with Gasteiger partial charge in [0.1, 0.15) is 11.6 Å². The zero-order chi connectivity index (χ0) is 20.5. The molecule has 0 spiro atoms. The van der Waals surface area contributed by atoms with Gasteiger partial charge in [0.25, 0.3) is 0 Å². The molecule has 3 aromatic carbocycles. The van der Waals surface area contributed by atoms with Gasteiger partial charge in [0, 0.05) is 16.7 Å². The van der Waals surface area contributed by atoms with Gasteiger partial charge in [0.15, 0.2) is 11.5 Å². The molecule has 142 valence electrons. The average Bonchev–Trinajstić information content (AvgIpc) is 3.24. The molecule has 0 bridgehead atoms. The summed E-state index contributed by atoms with van der Waals surface area (Å²) in [6.45, 7) is 2.05. The van der Waals surface area contributed by atoms with Crippen LogP contribution in [-0.4, -0.2) is 14.6 Å². The number of aromatic nitrogens is 3. The van der Waals surface area contributed by atoms with Gasteiger partial charge in [-0.3, -0.25) is 0 Å². The number of nitrogens with zero attached hydrogens (tertiary/aromatic N) is 4. The van der Waals surface area contributed by atoms with E-state index < -0.39 is 0 Å². The number of hydrogen-bond donors (Lipinski definition) is 0. The maximum atomic E-state index is 10.1. The molecule has 0 amide bonds. The number of pyridine rings is 1. The van der Waals surface area contributed by atoms with Crippen molar-refractivity contribution in [1.82, 2.24) is 14.6 Å². The Bertz CT molecular complexity index is 1390. The minimum Gasteiger partial charge on any atom is -0.211 e. The number of rotatable bonds is 3. The van der Waals surface area contributed by atoms with Crippen molar-refractivity contribution in [3.05, 3.63) is 102 Å². The summed E-state index contributed by atoms with van der Waals surface area (Å²) < 4.78 is 1.79. The second-order valence-electron chi connectivity index (χ2n) is 7.20. The number of fused-ring (bicyclic) bond motifs is 1. The van der Waals surface area contributed by atoms with Crippen molar-refractivity contribution < 1.29 is 0 Å². The summed E-state index contributed by atoms with van der Waals surface area (Å²) in [4.78, 5) is 4.78. The van der Waals surface area contributed by atoms with Crippen LogP contribution in [0.2, 0.25) is 0 Å². The predicted octanol–water partition coefficient (Wildman–Crippen LogP) is 5.91. The molecule has 4 heteroatoms. The highest BCUT2D eigenvalue weighted by Gasteiger charge is 2.19. The first-order valence-corrected chi connectivity index (χ1v) is 9.76. The van der Waals surface area contributed by atoms with E-state index in [0.717, 1.165) is 33.5 Å². The fraction of sp³-hybridized carbons (Fsp3) is 0.0385. The predicted molar refractivity (Wildman–Crippen MR) is 119 cm³/mol. The first kappa shape index (κ1) is 17.8. The first-order valence-electron chi connectivity index (χ1n) is 9.76. The highest BCUT2D eigenvalue weighted by atomic mass is 15.3. The molecule has 30 heavy (non-hydrogen) atoms. The van der Waals surface area contributed by atoms with Crippen LogP contribution in [0.5, 0.6) is 0 Å². The largest absolute Gasteiger partial charge is 0.211 e. The average molecular weight is 386 g/mol. The smallest absolute Gasteiger partial charge is 0.182 e. The van der Waals surface area contributed by atoms with Crippen LogP contribution in [0.1, 0.15) is 11.1 Å². The lowest BCUT2D eigenvalue weighted by atomic mass is 9.97. The zero-order valence-electron chi connectivity index (χ0n) is 16.4. The lowest BCUT2D eigenvalue weighted by Crippen LogP contribution is -1.99. The minimum absolute atomic E-state index is 0.523. The second-order valence-corrected chi connectivity index (χ2v) is 7.20. The molecule has 4 nitrogen and oxygen atoms in total. The Morgan fingerprint density at radius 1 is 0.767 bits per heavy atom. The summed E-state index contributed by atoms with van der Waals surface area (Å²) in [5.74, 6) is 0.602. The Morgan fingerprint density at radius 3 is 2.10 bits per heavy atom. The Kier molecular flexibility index (Phi) is 4.34. The molecule has 0 radical (unpaired) electrons. The van der Waals surface area contributed by atoms with Crippen LogP contribution >= 0.6 is 0 Å². The molecule has 0 saturated heterocycles. The molecule has 0 saturated carbocycles. The molecule has 0 aliphatic carbocycles. The van der Waals surface area contributed by atoms with E-state index in [1.54, 1.807) is 4.52 Å². The first-order chi connectivity index (χ1) is 14.7. The van der Waals surface area contributed by atoms with Gasteiger partial charge in [-0.1, -0.05) is 90.5 Å². The van der Waals surface area contributed by atoms with Gasteiger partial charge < -0.3 is 0 Å². The van der Waals surface area contributed by atoms with Crippen molar-refractivity contribution in [2.75, 3.05) is 0 Å². The van der Waals surface area contributed by atoms with Gasteiger partial charge in [-0.15, -0.1) is 5.10 Å². The maximum absolute atomic E-state index is 10.1. The van der Waals surface area contributed by atoms with E-state index in [1.807, 2.05) is 78.9 Å². The number of hydrogen-bond acceptors (Lipinski definition) is 3. The van der Waals surface area contributed by atoms with Crippen molar-refractivity contribution >= 4 is 5.65 Å². The summed E-state index contributed by atoms with van der Waals surface area (Å²) in [5, 5.41) is 14.8. The van der Waals surface area contributed by atoms with Crippen molar-refractivity contribution in [2.45, 2.75) is 6.92 Å². The van der Waals surface area contributed by atoms with Crippen LogP contribution in [0, 0.1) is 18.3 Å². The zero-order valence-corrected chi connectivity index (χ0v) is 16.4. The second kappa shape index (κ2) is 7.31. The van der Waals surface area contributed by atoms with Crippen LogP contribution < -0.4 is 0 Å². The molecular formula is C26H18N4. The van der Waals surface area contributed by atoms with Crippen molar-refractivity contribution in [1.29, 1.82) is 5.26 Å². The summed E-state index contributed by atoms with van der Waals surface area (Å²) in [5.41, 5.74) is 6.92. The molecule has 2 heterocycles. The fourth-order valence-corrected chi connectivity index (χ4v) is 3.71. The van der Waals surface area contributed by atoms with Crippen LogP contribution in [0.4, 0.5) is 0 Å². The monoisotopic (exact) mass is 386 g/mol. The standard InChI is InChI=1S/C26H18N4/c1-18-9-8-14-21(15-18)22-16-24(19-10-4-2-5-11-19)30-26(23(22)17-27)28-25(29-30)20-12-6-3-7-13-20/h2-16H,1H3. The van der Waals surface area contributed by atoms with E-state index in [1.165, 1.54) is 0 Å². The van der Waals surface area contributed by atoms with E-state index in [2.05, 4.69) is 25.1 Å². The Balaban J connectivity index is 1.87. The molecule has 5 aromatic rings. The minimum atomic E-state index is 0.523. The lowest BCUT2D eigenvalue weighted by Gasteiger charge is -2.11. The van der Waals surface area contributed by atoms with Gasteiger partial charge in [-0.05, 0) is 18.6 Å². The van der Waals surface area contributed by atoms with E-state index in [9.17, 15) is 5.26 Å². The van der Waals surface area contributed by atoms with Gasteiger partial charge in [-0.2, -0.15) is 5.26 Å². The van der Waals surface area contributed by atoms with Crippen LogP contribution in [0.3, 0.4) is 0 Å². The van der Waals surface area contributed by atoms with E-state index in [4.69, 9.17) is 10.1 Å². The van der Waals surface area contributed by atoms with Crippen molar-refractivity contribution in [3.63, 3.8) is 0 Å². The molecule has 0 atom stereocenters. The van der Waals surface area contributed by atoms with E-state index >= 15 is 0 Å². The van der Waals surface area contributed by atoms with E-state index in [0.29, 0.717) is 17.0 Å². The molecule has 0 unspecified atom stereocenters. The van der Waals surface area contributed by atoms with Crippen molar-refractivity contribution in [3.8, 4) is 39.8 Å². The highest BCUT2D eigenvalue weighted by molar-refractivity contribution is 5.83. The maximum Gasteiger partial charge on any atom is 0.182 e. The lowest BCUT2D eigenvalue weighted by molar-refractivity contribution is 0.972. The summed E-state index contributed by atoms with van der Waals surface area (Å²) in [7, 11) is 0. The van der Waals surface area contributed by atoms with Gasteiger partial charge in [-0.25, -0.2) is 9.50 Å². The molecule has 2 aromatic heterocycles. The normalized spacial score (nSPS) is 10.8. The number of benzene rings is 3. The van der Waals surface area contributed by atoms with E-state index in [-0.39, 0.29) is 0 Å². The number of nitriles is 1. The Morgan fingerprint density at radius 2 is 1.43 bits per heavy atom. The Hall–Kier alpha value is -4.23.